The van der Waals surface area contributed by atoms with E-state index in [1.807, 2.05) is 26.2 Å². The predicted molar refractivity (Wildman–Crippen MR) is 82.3 cm³/mol. The van der Waals surface area contributed by atoms with Crippen LogP contribution in [0.2, 0.25) is 0 Å². The maximum atomic E-state index is 5.38. The normalized spacial score (nSPS) is 12.2. The third-order valence-electron chi connectivity index (χ3n) is 3.65. The van der Waals surface area contributed by atoms with E-state index in [9.17, 15) is 0 Å². The molecule has 1 unspecified atom stereocenters. The van der Waals surface area contributed by atoms with Gasteiger partial charge in [0.1, 0.15) is 5.75 Å². The Kier molecular flexibility index (Phi) is 4.40. The zero-order chi connectivity index (χ0) is 14.7. The highest BCUT2D eigenvalue weighted by molar-refractivity contribution is 5.45. The molecule has 0 amide bonds. The maximum absolute atomic E-state index is 5.38. The molecule has 0 spiro atoms. The minimum atomic E-state index is 0.146. The Hall–Kier alpha value is -1.87. The lowest BCUT2D eigenvalue weighted by Crippen LogP contribution is -2.19. The second kappa shape index (κ2) is 6.06. The van der Waals surface area contributed by atoms with Gasteiger partial charge in [-0.05, 0) is 62.2 Å². The molecule has 0 saturated heterocycles. The summed E-state index contributed by atoms with van der Waals surface area (Å²) in [6.45, 7) is 6.19. The number of hydrogen-bond donors (Lipinski definition) is 1. The highest BCUT2D eigenvalue weighted by Crippen LogP contribution is 2.29. The van der Waals surface area contributed by atoms with Crippen LogP contribution in [0.15, 0.2) is 30.5 Å². The van der Waals surface area contributed by atoms with Crippen LogP contribution in [0.3, 0.4) is 0 Å². The Morgan fingerprint density at radius 3 is 2.40 bits per heavy atom. The highest BCUT2D eigenvalue weighted by atomic mass is 16.5. The molecule has 1 N–H and O–H groups in total. The van der Waals surface area contributed by atoms with Crippen molar-refractivity contribution in [2.24, 2.45) is 0 Å². The molecule has 0 radical (unpaired) electrons. The highest BCUT2D eigenvalue weighted by Gasteiger charge is 2.16. The predicted octanol–water partition coefficient (Wildman–Crippen LogP) is 3.32. The topological polar surface area (TPSA) is 34.2 Å². The van der Waals surface area contributed by atoms with Crippen LogP contribution >= 0.6 is 0 Å². The van der Waals surface area contributed by atoms with Gasteiger partial charge in [0.05, 0.1) is 13.2 Å². The molecule has 0 bridgehead atoms. The van der Waals surface area contributed by atoms with Crippen molar-refractivity contribution >= 4 is 0 Å². The molecule has 1 atom stereocenters. The molecule has 2 aromatic rings. The zero-order valence-electron chi connectivity index (χ0n) is 12.8. The van der Waals surface area contributed by atoms with E-state index in [0.717, 1.165) is 17.0 Å². The number of benzene rings is 1. The molecule has 0 aliphatic rings. The summed E-state index contributed by atoms with van der Waals surface area (Å²) in [5.74, 6) is 0.933. The summed E-state index contributed by atoms with van der Waals surface area (Å²) in [4.78, 5) is 4.39. The fourth-order valence-electron chi connectivity index (χ4n) is 2.49. The number of methoxy groups -OCH3 is 1. The van der Waals surface area contributed by atoms with Crippen LogP contribution in [-0.2, 0) is 0 Å². The number of rotatable bonds is 4. The summed E-state index contributed by atoms with van der Waals surface area (Å²) in [6.07, 6.45) is 1.94. The monoisotopic (exact) mass is 270 g/mol. The third kappa shape index (κ3) is 2.83. The van der Waals surface area contributed by atoms with Gasteiger partial charge >= 0.3 is 0 Å². The Labute approximate surface area is 121 Å². The fourth-order valence-corrected chi connectivity index (χ4v) is 2.49. The van der Waals surface area contributed by atoms with Crippen LogP contribution < -0.4 is 10.1 Å². The van der Waals surface area contributed by atoms with Crippen LogP contribution in [-0.4, -0.2) is 19.1 Å². The van der Waals surface area contributed by atoms with E-state index in [2.05, 4.69) is 42.3 Å². The molecule has 1 heterocycles. The second-order valence-corrected chi connectivity index (χ2v) is 5.13. The van der Waals surface area contributed by atoms with Gasteiger partial charge < -0.3 is 10.1 Å². The molecule has 0 saturated carbocycles. The molecule has 20 heavy (non-hydrogen) atoms. The second-order valence-electron chi connectivity index (χ2n) is 5.13. The molecule has 106 valence electrons. The first kappa shape index (κ1) is 14.5. The maximum Gasteiger partial charge on any atom is 0.122 e. The van der Waals surface area contributed by atoms with E-state index in [-0.39, 0.29) is 6.04 Å². The number of nitrogens with zero attached hydrogens (tertiary/aromatic N) is 1. The van der Waals surface area contributed by atoms with Gasteiger partial charge in [-0.2, -0.15) is 0 Å². The number of aryl methyl sites for hydroxylation is 3. The first-order chi connectivity index (χ1) is 9.56. The van der Waals surface area contributed by atoms with Crippen LogP contribution in [0, 0.1) is 20.8 Å². The van der Waals surface area contributed by atoms with Gasteiger partial charge in [0, 0.05) is 11.9 Å². The molecule has 0 aliphatic carbocycles. The zero-order valence-corrected chi connectivity index (χ0v) is 12.8. The van der Waals surface area contributed by atoms with E-state index in [1.54, 1.807) is 7.11 Å². The van der Waals surface area contributed by atoms with Crippen LogP contribution in [0.25, 0.3) is 0 Å². The van der Waals surface area contributed by atoms with Crippen molar-refractivity contribution in [3.05, 3.63) is 58.4 Å². The Morgan fingerprint density at radius 1 is 1.10 bits per heavy atom. The van der Waals surface area contributed by atoms with E-state index >= 15 is 0 Å². The fraction of sp³-hybridized carbons (Fsp3) is 0.353. The van der Waals surface area contributed by atoms with Crippen molar-refractivity contribution in [3.63, 3.8) is 0 Å². The van der Waals surface area contributed by atoms with Gasteiger partial charge in [-0.15, -0.1) is 0 Å². The summed E-state index contributed by atoms with van der Waals surface area (Å²) in [7, 11) is 3.68. The largest absolute Gasteiger partial charge is 0.496 e. The third-order valence-corrected chi connectivity index (χ3v) is 3.65. The number of hydrogen-bond acceptors (Lipinski definition) is 3. The number of aromatic nitrogens is 1. The quantitative estimate of drug-likeness (QED) is 0.925. The Balaban J connectivity index is 2.46. The van der Waals surface area contributed by atoms with Crippen LogP contribution in [0.5, 0.6) is 5.75 Å². The molecule has 0 aliphatic heterocycles. The molecule has 2 rings (SSSR count). The van der Waals surface area contributed by atoms with Crippen molar-refractivity contribution in [1.82, 2.24) is 10.3 Å². The summed E-state index contributed by atoms with van der Waals surface area (Å²) < 4.78 is 5.38. The average Bonchev–Trinajstić information content (AvgIpc) is 2.45. The Bertz CT molecular complexity index is 591. The van der Waals surface area contributed by atoms with Gasteiger partial charge in [0.2, 0.25) is 0 Å². The van der Waals surface area contributed by atoms with Crippen LogP contribution in [0.1, 0.15) is 34.0 Å². The minimum Gasteiger partial charge on any atom is -0.496 e. The van der Waals surface area contributed by atoms with Crippen LogP contribution in [0.4, 0.5) is 0 Å². The van der Waals surface area contributed by atoms with Gasteiger partial charge in [0.15, 0.2) is 0 Å². The molecular formula is C17H22N2O. The molecule has 3 heteroatoms. The van der Waals surface area contributed by atoms with Gasteiger partial charge in [-0.1, -0.05) is 12.1 Å². The van der Waals surface area contributed by atoms with Crippen molar-refractivity contribution in [2.75, 3.05) is 14.2 Å². The summed E-state index contributed by atoms with van der Waals surface area (Å²) in [6, 6.07) is 8.60. The standard InChI is InChI=1S/C17H22N2O/c1-11-9-16(20-5)12(2)8-15(11)17(18-4)14-7-6-13(3)19-10-14/h6-10,17-18H,1-5H3. The Morgan fingerprint density at radius 2 is 1.85 bits per heavy atom. The van der Waals surface area contributed by atoms with Crippen molar-refractivity contribution < 1.29 is 4.74 Å². The first-order valence-corrected chi connectivity index (χ1v) is 6.81. The summed E-state index contributed by atoms with van der Waals surface area (Å²) >= 11 is 0. The first-order valence-electron chi connectivity index (χ1n) is 6.81. The van der Waals surface area contributed by atoms with Crippen molar-refractivity contribution in [1.29, 1.82) is 0 Å². The number of nitrogens with one attached hydrogen (secondary N) is 1. The van der Waals surface area contributed by atoms with Gasteiger partial charge in [-0.3, -0.25) is 4.98 Å². The SMILES string of the molecule is CNC(c1ccc(C)nc1)c1cc(C)c(OC)cc1C. The lowest BCUT2D eigenvalue weighted by Gasteiger charge is -2.21. The smallest absolute Gasteiger partial charge is 0.122 e. The minimum absolute atomic E-state index is 0.146. The van der Waals surface area contributed by atoms with Gasteiger partial charge in [0.25, 0.3) is 0 Å². The number of ether oxygens (including phenoxy) is 1. The lowest BCUT2D eigenvalue weighted by molar-refractivity contribution is 0.411. The van der Waals surface area contributed by atoms with Gasteiger partial charge in [-0.25, -0.2) is 0 Å². The lowest BCUT2D eigenvalue weighted by atomic mass is 9.94. The molecule has 1 aromatic heterocycles. The molecule has 1 aromatic carbocycles. The summed E-state index contributed by atoms with van der Waals surface area (Å²) in [5, 5.41) is 3.38. The molecule has 0 fully saturated rings. The van der Waals surface area contributed by atoms with E-state index in [1.165, 1.54) is 16.7 Å². The molecule has 3 nitrogen and oxygen atoms in total. The van der Waals surface area contributed by atoms with E-state index in [0.29, 0.717) is 0 Å². The molecular weight excluding hydrogens is 248 g/mol. The summed E-state index contributed by atoms with van der Waals surface area (Å²) in [5.41, 5.74) is 5.83. The van der Waals surface area contributed by atoms with Crippen molar-refractivity contribution in [2.45, 2.75) is 26.8 Å². The average molecular weight is 270 g/mol. The van der Waals surface area contributed by atoms with E-state index in [4.69, 9.17) is 4.74 Å². The van der Waals surface area contributed by atoms with Crippen molar-refractivity contribution in [3.8, 4) is 5.75 Å². The number of pyridine rings is 1. The van der Waals surface area contributed by atoms with E-state index < -0.39 is 0 Å².